The number of aliphatic carboxylic acids is 1. The number of rotatable bonds is 4. The first-order chi connectivity index (χ1) is 9.73. The number of carboxylic acids is 1. The molecule has 0 aliphatic heterocycles. The number of hydrogen-bond donors (Lipinski definition) is 1. The third kappa shape index (κ3) is 2.91. The maximum absolute atomic E-state index is 12.5. The average molecular weight is 307 g/mol. The summed E-state index contributed by atoms with van der Waals surface area (Å²) in [5, 5.41) is 10.7. The van der Waals surface area contributed by atoms with E-state index in [1.807, 2.05) is 25.1 Å². The van der Waals surface area contributed by atoms with Crippen LogP contribution in [0.5, 0.6) is 0 Å². The lowest BCUT2D eigenvalue weighted by Gasteiger charge is -2.21. The molecule has 0 saturated carbocycles. The molecule has 0 aromatic heterocycles. The van der Waals surface area contributed by atoms with E-state index in [-0.39, 0.29) is 4.90 Å². The van der Waals surface area contributed by atoms with E-state index in [2.05, 4.69) is 0 Å². The van der Waals surface area contributed by atoms with Crippen LogP contribution in [0.15, 0.2) is 41.3 Å². The summed E-state index contributed by atoms with van der Waals surface area (Å²) in [6.45, 7) is 3.30. The van der Waals surface area contributed by atoms with E-state index in [4.69, 9.17) is 5.11 Å². The van der Waals surface area contributed by atoms with Crippen molar-refractivity contribution in [2.75, 3.05) is 7.05 Å². The number of carbonyl (C=O) groups is 1. The molecule has 2 rings (SSSR count). The zero-order chi connectivity index (χ0) is 15.8. The third-order valence-electron chi connectivity index (χ3n) is 3.55. The van der Waals surface area contributed by atoms with Crippen LogP contribution in [0.1, 0.15) is 12.5 Å². The zero-order valence-electron chi connectivity index (χ0n) is 12.1. The van der Waals surface area contributed by atoms with Crippen molar-refractivity contribution in [2.24, 2.45) is 0 Å². The highest BCUT2D eigenvalue weighted by atomic mass is 32.2. The lowest BCUT2D eigenvalue weighted by Crippen LogP contribution is -2.40. The van der Waals surface area contributed by atoms with Gasteiger partial charge in [0, 0.05) is 7.05 Å². The van der Waals surface area contributed by atoms with Crippen LogP contribution in [0.3, 0.4) is 0 Å². The Bertz CT molecular complexity index is 798. The van der Waals surface area contributed by atoms with Gasteiger partial charge in [-0.05, 0) is 36.8 Å². The third-order valence-corrected chi connectivity index (χ3v) is 5.47. The minimum atomic E-state index is -3.83. The molecule has 1 atom stereocenters. The smallest absolute Gasteiger partial charge is 0.321 e. The molecule has 2 aromatic rings. The van der Waals surface area contributed by atoms with E-state index in [1.54, 1.807) is 12.1 Å². The Morgan fingerprint density at radius 3 is 2.33 bits per heavy atom. The van der Waals surface area contributed by atoms with E-state index in [1.165, 1.54) is 20.0 Å². The topological polar surface area (TPSA) is 74.7 Å². The van der Waals surface area contributed by atoms with Crippen molar-refractivity contribution in [2.45, 2.75) is 24.8 Å². The Morgan fingerprint density at radius 1 is 1.14 bits per heavy atom. The van der Waals surface area contributed by atoms with Crippen LogP contribution in [-0.2, 0) is 14.8 Å². The number of aryl methyl sites for hydroxylation is 1. The Morgan fingerprint density at radius 2 is 1.71 bits per heavy atom. The number of sulfonamides is 1. The zero-order valence-corrected chi connectivity index (χ0v) is 12.9. The molecule has 6 heteroatoms. The summed E-state index contributed by atoms with van der Waals surface area (Å²) in [6.07, 6.45) is 0. The maximum Gasteiger partial charge on any atom is 0.321 e. The summed E-state index contributed by atoms with van der Waals surface area (Å²) in [5.74, 6) is -1.18. The number of benzene rings is 2. The number of carboxylic acid groups (broad SMARTS) is 1. The Hall–Kier alpha value is -1.92. The van der Waals surface area contributed by atoms with Gasteiger partial charge in [0.1, 0.15) is 6.04 Å². The summed E-state index contributed by atoms with van der Waals surface area (Å²) < 4.78 is 25.8. The number of likely N-dealkylation sites (N-methyl/N-ethyl adjacent to an activating group) is 1. The number of nitrogens with zero attached hydrogens (tertiary/aromatic N) is 1. The average Bonchev–Trinajstić information content (AvgIpc) is 2.44. The molecule has 0 saturated heterocycles. The molecule has 0 bridgehead atoms. The van der Waals surface area contributed by atoms with Gasteiger partial charge < -0.3 is 5.11 Å². The van der Waals surface area contributed by atoms with Gasteiger partial charge in [0.15, 0.2) is 0 Å². The standard InChI is InChI=1S/C15H17NO4S/c1-10-4-5-13-9-14(7-6-12(13)8-10)21(19,20)16(3)11(2)15(17)18/h4-9,11H,1-3H3,(H,17,18). The first-order valence-electron chi connectivity index (χ1n) is 6.45. The Kier molecular flexibility index (Phi) is 4.02. The van der Waals surface area contributed by atoms with Crippen LogP contribution in [0, 0.1) is 6.92 Å². The van der Waals surface area contributed by atoms with Crippen molar-refractivity contribution >= 4 is 26.8 Å². The minimum absolute atomic E-state index is 0.0921. The highest BCUT2D eigenvalue weighted by Gasteiger charge is 2.29. The summed E-state index contributed by atoms with van der Waals surface area (Å²) in [7, 11) is -2.56. The summed E-state index contributed by atoms with van der Waals surface area (Å²) >= 11 is 0. The number of hydrogen-bond acceptors (Lipinski definition) is 3. The van der Waals surface area contributed by atoms with Crippen molar-refractivity contribution in [1.29, 1.82) is 0 Å². The van der Waals surface area contributed by atoms with Crippen molar-refractivity contribution < 1.29 is 18.3 Å². The molecule has 112 valence electrons. The highest BCUT2D eigenvalue weighted by Crippen LogP contribution is 2.23. The highest BCUT2D eigenvalue weighted by molar-refractivity contribution is 7.89. The van der Waals surface area contributed by atoms with Crippen molar-refractivity contribution in [3.63, 3.8) is 0 Å². The summed E-state index contributed by atoms with van der Waals surface area (Å²) in [5.41, 5.74) is 1.09. The second kappa shape index (κ2) is 5.46. The fourth-order valence-corrected chi connectivity index (χ4v) is 3.39. The van der Waals surface area contributed by atoms with Crippen LogP contribution in [0.2, 0.25) is 0 Å². The van der Waals surface area contributed by atoms with E-state index in [0.29, 0.717) is 0 Å². The summed E-state index contributed by atoms with van der Waals surface area (Å²) in [6, 6.07) is 9.40. The molecular weight excluding hydrogens is 290 g/mol. The van der Waals surface area contributed by atoms with Gasteiger partial charge >= 0.3 is 5.97 Å². The molecule has 1 N–H and O–H groups in total. The predicted molar refractivity (Wildman–Crippen MR) is 80.7 cm³/mol. The van der Waals surface area contributed by atoms with Gasteiger partial charge in [-0.25, -0.2) is 8.42 Å². The van der Waals surface area contributed by atoms with Crippen molar-refractivity contribution in [3.8, 4) is 0 Å². The second-order valence-corrected chi connectivity index (χ2v) is 7.05. The maximum atomic E-state index is 12.5. The fourth-order valence-electron chi connectivity index (χ4n) is 2.03. The lowest BCUT2D eigenvalue weighted by molar-refractivity contribution is -0.140. The molecule has 2 aromatic carbocycles. The fraction of sp³-hybridized carbons (Fsp3) is 0.267. The van der Waals surface area contributed by atoms with Gasteiger partial charge in [-0.2, -0.15) is 4.31 Å². The molecule has 0 fully saturated rings. The van der Waals surface area contributed by atoms with E-state index >= 15 is 0 Å². The van der Waals surface area contributed by atoms with E-state index in [9.17, 15) is 13.2 Å². The second-order valence-electron chi connectivity index (χ2n) is 5.05. The molecule has 0 heterocycles. The van der Waals surface area contributed by atoms with Gasteiger partial charge in [-0.3, -0.25) is 4.79 Å². The molecular formula is C15H17NO4S. The van der Waals surface area contributed by atoms with Gasteiger partial charge in [-0.15, -0.1) is 0 Å². The Labute approximate surface area is 123 Å². The summed E-state index contributed by atoms with van der Waals surface area (Å²) in [4.78, 5) is 11.1. The SMILES string of the molecule is Cc1ccc2cc(S(=O)(=O)N(C)C(C)C(=O)O)ccc2c1. The number of fused-ring (bicyclic) bond motifs is 1. The van der Waals surface area contributed by atoms with Gasteiger partial charge in [-0.1, -0.05) is 29.8 Å². The molecule has 21 heavy (non-hydrogen) atoms. The lowest BCUT2D eigenvalue weighted by atomic mass is 10.1. The van der Waals surface area contributed by atoms with Gasteiger partial charge in [0.2, 0.25) is 10.0 Å². The van der Waals surface area contributed by atoms with Crippen LogP contribution in [-0.4, -0.2) is 36.9 Å². The first kappa shape index (κ1) is 15.5. The quantitative estimate of drug-likeness (QED) is 0.940. The van der Waals surface area contributed by atoms with Crippen LogP contribution in [0.4, 0.5) is 0 Å². The van der Waals surface area contributed by atoms with Crippen LogP contribution < -0.4 is 0 Å². The molecule has 1 unspecified atom stereocenters. The molecule has 0 radical (unpaired) electrons. The minimum Gasteiger partial charge on any atom is -0.480 e. The predicted octanol–water partition coefficient (Wildman–Crippen LogP) is 2.24. The van der Waals surface area contributed by atoms with Crippen molar-refractivity contribution in [3.05, 3.63) is 42.0 Å². The molecule has 0 amide bonds. The van der Waals surface area contributed by atoms with Crippen LogP contribution in [0.25, 0.3) is 10.8 Å². The molecule has 0 aliphatic carbocycles. The normalized spacial score (nSPS) is 13.5. The van der Waals surface area contributed by atoms with Gasteiger partial charge in [0.25, 0.3) is 0 Å². The van der Waals surface area contributed by atoms with Crippen molar-refractivity contribution in [1.82, 2.24) is 4.31 Å². The van der Waals surface area contributed by atoms with Crippen LogP contribution >= 0.6 is 0 Å². The molecule has 0 spiro atoms. The largest absolute Gasteiger partial charge is 0.480 e. The molecule has 5 nitrogen and oxygen atoms in total. The Balaban J connectivity index is 2.50. The molecule has 0 aliphatic rings. The monoisotopic (exact) mass is 307 g/mol. The first-order valence-corrected chi connectivity index (χ1v) is 7.89. The van der Waals surface area contributed by atoms with E-state index < -0.39 is 22.0 Å². The van der Waals surface area contributed by atoms with Gasteiger partial charge in [0.05, 0.1) is 4.90 Å². The van der Waals surface area contributed by atoms with E-state index in [0.717, 1.165) is 20.6 Å².